The molecule has 4 nitrogen and oxygen atoms in total. The molecule has 0 aliphatic rings. The molecular formula is C10H12O4. The van der Waals surface area contributed by atoms with Crippen LogP contribution in [-0.2, 0) is 0 Å². The molecule has 0 saturated heterocycles. The van der Waals surface area contributed by atoms with Crippen molar-refractivity contribution in [1.82, 2.24) is 0 Å². The first-order valence-electron chi connectivity index (χ1n) is 4.24. The average Bonchev–Trinajstić information content (AvgIpc) is 2.15. The third-order valence-electron chi connectivity index (χ3n) is 1.60. The van der Waals surface area contributed by atoms with Crippen LogP contribution in [-0.4, -0.2) is 28.9 Å². The summed E-state index contributed by atoms with van der Waals surface area (Å²) in [5.74, 6) is -0.757. The summed E-state index contributed by atoms with van der Waals surface area (Å²) in [6, 6.07) is 6.33. The van der Waals surface area contributed by atoms with Gasteiger partial charge in [0.2, 0.25) is 0 Å². The van der Waals surface area contributed by atoms with Gasteiger partial charge in [-0.25, -0.2) is 4.79 Å². The van der Waals surface area contributed by atoms with Crippen LogP contribution in [0, 0.1) is 0 Å². The van der Waals surface area contributed by atoms with E-state index in [9.17, 15) is 4.79 Å². The number of carboxylic acid groups (broad SMARTS) is 1. The first-order valence-corrected chi connectivity index (χ1v) is 4.24. The maximum Gasteiger partial charge on any atom is 0.339 e. The van der Waals surface area contributed by atoms with Crippen molar-refractivity contribution in [3.63, 3.8) is 0 Å². The Balaban J connectivity index is 2.79. The molecule has 0 aliphatic heterocycles. The van der Waals surface area contributed by atoms with Crippen molar-refractivity contribution in [2.75, 3.05) is 6.61 Å². The van der Waals surface area contributed by atoms with Gasteiger partial charge in [-0.1, -0.05) is 12.1 Å². The van der Waals surface area contributed by atoms with Gasteiger partial charge in [0.1, 0.15) is 17.9 Å². The van der Waals surface area contributed by atoms with Crippen molar-refractivity contribution in [1.29, 1.82) is 0 Å². The maximum absolute atomic E-state index is 10.7. The molecule has 0 aromatic heterocycles. The summed E-state index contributed by atoms with van der Waals surface area (Å²) in [5, 5.41) is 17.8. The van der Waals surface area contributed by atoms with Gasteiger partial charge < -0.3 is 14.9 Å². The number of aliphatic hydroxyl groups excluding tert-OH is 1. The highest BCUT2D eigenvalue weighted by molar-refractivity contribution is 5.90. The second-order valence-corrected chi connectivity index (χ2v) is 2.96. The molecule has 2 N–H and O–H groups in total. The van der Waals surface area contributed by atoms with E-state index >= 15 is 0 Å². The molecular weight excluding hydrogens is 184 g/mol. The van der Waals surface area contributed by atoms with Crippen molar-refractivity contribution < 1.29 is 19.7 Å². The van der Waals surface area contributed by atoms with Gasteiger partial charge in [-0.05, 0) is 19.1 Å². The molecule has 1 aromatic carbocycles. The number of carbonyl (C=O) groups is 1. The molecule has 0 spiro atoms. The highest BCUT2D eigenvalue weighted by Crippen LogP contribution is 2.17. The molecule has 0 radical (unpaired) electrons. The van der Waals surface area contributed by atoms with Crippen LogP contribution in [0.5, 0.6) is 5.75 Å². The minimum Gasteiger partial charge on any atom is -0.490 e. The molecule has 1 unspecified atom stereocenters. The molecule has 1 aromatic rings. The summed E-state index contributed by atoms with van der Waals surface area (Å²) >= 11 is 0. The van der Waals surface area contributed by atoms with Gasteiger partial charge in [0, 0.05) is 0 Å². The second-order valence-electron chi connectivity index (χ2n) is 2.96. The lowest BCUT2D eigenvalue weighted by atomic mass is 10.2. The Hall–Kier alpha value is -1.55. The molecule has 0 saturated carbocycles. The van der Waals surface area contributed by atoms with Crippen molar-refractivity contribution in [2.24, 2.45) is 0 Å². The topological polar surface area (TPSA) is 66.8 Å². The average molecular weight is 196 g/mol. The van der Waals surface area contributed by atoms with E-state index in [1.165, 1.54) is 6.07 Å². The number of carboxylic acids is 1. The minimum absolute atomic E-state index is 0.0876. The quantitative estimate of drug-likeness (QED) is 0.757. The van der Waals surface area contributed by atoms with Crippen LogP contribution in [0.4, 0.5) is 0 Å². The monoisotopic (exact) mass is 196 g/mol. The van der Waals surface area contributed by atoms with Crippen LogP contribution in [0.2, 0.25) is 0 Å². The fraction of sp³-hybridized carbons (Fsp3) is 0.300. The zero-order valence-corrected chi connectivity index (χ0v) is 7.80. The lowest BCUT2D eigenvalue weighted by Crippen LogP contribution is -2.14. The maximum atomic E-state index is 10.7. The molecule has 14 heavy (non-hydrogen) atoms. The Morgan fingerprint density at radius 3 is 2.71 bits per heavy atom. The van der Waals surface area contributed by atoms with Crippen LogP contribution >= 0.6 is 0 Å². The Kier molecular flexibility index (Phi) is 3.48. The molecule has 0 aliphatic carbocycles. The summed E-state index contributed by atoms with van der Waals surface area (Å²) in [4.78, 5) is 10.7. The Morgan fingerprint density at radius 1 is 1.50 bits per heavy atom. The van der Waals surface area contributed by atoms with E-state index < -0.39 is 12.1 Å². The van der Waals surface area contributed by atoms with E-state index in [0.717, 1.165) is 0 Å². The Morgan fingerprint density at radius 2 is 2.14 bits per heavy atom. The van der Waals surface area contributed by atoms with E-state index in [1.807, 2.05) is 0 Å². The summed E-state index contributed by atoms with van der Waals surface area (Å²) < 4.78 is 5.13. The number of rotatable bonds is 4. The fourth-order valence-electron chi connectivity index (χ4n) is 0.980. The zero-order chi connectivity index (χ0) is 10.6. The van der Waals surface area contributed by atoms with E-state index in [0.29, 0.717) is 0 Å². The number of ether oxygens (including phenoxy) is 1. The van der Waals surface area contributed by atoms with Crippen molar-refractivity contribution in [3.8, 4) is 5.75 Å². The van der Waals surface area contributed by atoms with Gasteiger partial charge in [0.15, 0.2) is 0 Å². The van der Waals surface area contributed by atoms with Crippen molar-refractivity contribution >= 4 is 5.97 Å². The normalized spacial score (nSPS) is 12.1. The third kappa shape index (κ3) is 2.74. The number of aromatic carboxylic acids is 1. The number of para-hydroxylation sites is 1. The van der Waals surface area contributed by atoms with Gasteiger partial charge in [0.25, 0.3) is 0 Å². The summed E-state index contributed by atoms with van der Waals surface area (Å²) in [6.07, 6.45) is -0.614. The first-order chi connectivity index (χ1) is 6.61. The lowest BCUT2D eigenvalue weighted by molar-refractivity contribution is 0.0686. The SMILES string of the molecule is CC(O)COc1ccccc1C(=O)O. The van der Waals surface area contributed by atoms with Gasteiger partial charge in [0.05, 0.1) is 6.10 Å². The minimum atomic E-state index is -1.04. The smallest absolute Gasteiger partial charge is 0.339 e. The van der Waals surface area contributed by atoms with Crippen LogP contribution in [0.15, 0.2) is 24.3 Å². The summed E-state index contributed by atoms with van der Waals surface area (Å²) in [5.41, 5.74) is 0.105. The van der Waals surface area contributed by atoms with Crippen LogP contribution in [0.25, 0.3) is 0 Å². The summed E-state index contributed by atoms with van der Waals surface area (Å²) in [7, 11) is 0. The highest BCUT2D eigenvalue weighted by Gasteiger charge is 2.10. The number of hydrogen-bond donors (Lipinski definition) is 2. The summed E-state index contributed by atoms with van der Waals surface area (Å²) in [6.45, 7) is 1.66. The Labute approximate surface area is 81.8 Å². The Bertz CT molecular complexity index is 320. The molecule has 4 heteroatoms. The molecule has 0 fully saturated rings. The van der Waals surface area contributed by atoms with Crippen LogP contribution < -0.4 is 4.74 Å². The molecule has 0 amide bonds. The van der Waals surface area contributed by atoms with Crippen molar-refractivity contribution in [3.05, 3.63) is 29.8 Å². The number of hydrogen-bond acceptors (Lipinski definition) is 3. The molecule has 0 heterocycles. The van der Waals surface area contributed by atoms with E-state index in [2.05, 4.69) is 0 Å². The standard InChI is InChI=1S/C10H12O4/c1-7(11)6-14-9-5-3-2-4-8(9)10(12)13/h2-5,7,11H,6H2,1H3,(H,12,13). The largest absolute Gasteiger partial charge is 0.490 e. The van der Waals surface area contributed by atoms with Crippen LogP contribution in [0.3, 0.4) is 0 Å². The van der Waals surface area contributed by atoms with Gasteiger partial charge in [-0.2, -0.15) is 0 Å². The van der Waals surface area contributed by atoms with Crippen LogP contribution in [0.1, 0.15) is 17.3 Å². The van der Waals surface area contributed by atoms with Gasteiger partial charge in [-0.15, -0.1) is 0 Å². The van der Waals surface area contributed by atoms with E-state index in [1.54, 1.807) is 25.1 Å². The number of benzene rings is 1. The number of aliphatic hydroxyl groups is 1. The zero-order valence-electron chi connectivity index (χ0n) is 7.80. The molecule has 1 rings (SSSR count). The predicted molar refractivity (Wildman–Crippen MR) is 50.6 cm³/mol. The molecule has 76 valence electrons. The first kappa shape index (κ1) is 10.5. The lowest BCUT2D eigenvalue weighted by Gasteiger charge is -2.09. The van der Waals surface area contributed by atoms with Crippen molar-refractivity contribution in [2.45, 2.75) is 13.0 Å². The van der Waals surface area contributed by atoms with E-state index in [4.69, 9.17) is 14.9 Å². The second kappa shape index (κ2) is 4.62. The predicted octanol–water partition coefficient (Wildman–Crippen LogP) is 1.14. The molecule has 1 atom stereocenters. The van der Waals surface area contributed by atoms with E-state index in [-0.39, 0.29) is 17.9 Å². The van der Waals surface area contributed by atoms with Gasteiger partial charge in [-0.3, -0.25) is 0 Å². The highest BCUT2D eigenvalue weighted by atomic mass is 16.5. The fourth-order valence-corrected chi connectivity index (χ4v) is 0.980. The van der Waals surface area contributed by atoms with Gasteiger partial charge >= 0.3 is 5.97 Å². The third-order valence-corrected chi connectivity index (χ3v) is 1.60. The molecule has 0 bridgehead atoms.